The Bertz CT molecular complexity index is 910. The molecule has 3 nitrogen and oxygen atoms in total. The lowest BCUT2D eigenvalue weighted by Gasteiger charge is -2.04. The minimum absolute atomic E-state index is 0.739. The fourth-order valence-corrected chi connectivity index (χ4v) is 3.33. The first-order chi connectivity index (χ1) is 9.69. The number of hydrogen-bond donors (Lipinski definition) is 0. The van der Waals surface area contributed by atoms with E-state index in [9.17, 15) is 5.26 Å². The highest BCUT2D eigenvalue weighted by atomic mass is 15.4. The van der Waals surface area contributed by atoms with E-state index in [0.29, 0.717) is 0 Å². The molecule has 2 heterocycles. The lowest BCUT2D eigenvalue weighted by molar-refractivity contribution is -0.749. The van der Waals surface area contributed by atoms with Crippen LogP contribution in [0.2, 0.25) is 0 Å². The van der Waals surface area contributed by atoms with Gasteiger partial charge in [0.25, 0.3) is 0 Å². The summed E-state index contributed by atoms with van der Waals surface area (Å²) in [7, 11) is 0. The number of aromatic nitrogens is 2. The molecule has 1 aromatic heterocycles. The second-order valence-electron chi connectivity index (χ2n) is 5.48. The average Bonchev–Trinajstić information content (AvgIpc) is 2.93. The molecule has 0 radical (unpaired) electrons. The van der Waals surface area contributed by atoms with Crippen LogP contribution in [-0.2, 0) is 6.54 Å². The van der Waals surface area contributed by atoms with Gasteiger partial charge in [0.1, 0.15) is 17.3 Å². The van der Waals surface area contributed by atoms with Gasteiger partial charge in [-0.15, -0.1) is 9.36 Å². The number of fused-ring (bicyclic) bond motifs is 5. The van der Waals surface area contributed by atoms with Crippen LogP contribution in [0.1, 0.15) is 22.3 Å². The molecule has 4 rings (SSSR count). The zero-order valence-electron chi connectivity index (χ0n) is 11.5. The number of aryl methyl sites for hydroxylation is 2. The van der Waals surface area contributed by atoms with Crippen LogP contribution < -0.4 is 4.68 Å². The van der Waals surface area contributed by atoms with Crippen molar-refractivity contribution >= 4 is 10.9 Å². The molecular formula is C17H14N3+. The predicted octanol–water partition coefficient (Wildman–Crippen LogP) is 2.77. The summed E-state index contributed by atoms with van der Waals surface area (Å²) < 4.78 is 4.43. The molecular weight excluding hydrogens is 246 g/mol. The molecule has 0 N–H and O–H groups in total. The van der Waals surface area contributed by atoms with Crippen LogP contribution in [0.25, 0.3) is 16.6 Å². The van der Waals surface area contributed by atoms with Crippen molar-refractivity contribution in [3.05, 3.63) is 58.8 Å². The fourth-order valence-electron chi connectivity index (χ4n) is 3.33. The van der Waals surface area contributed by atoms with E-state index in [0.717, 1.165) is 23.0 Å². The highest BCUT2D eigenvalue weighted by Gasteiger charge is 2.30. The van der Waals surface area contributed by atoms with E-state index in [1.54, 1.807) is 0 Å². The molecule has 1 aliphatic heterocycles. The Morgan fingerprint density at radius 3 is 2.90 bits per heavy atom. The Labute approximate surface area is 117 Å². The van der Waals surface area contributed by atoms with Crippen molar-refractivity contribution in [2.24, 2.45) is 0 Å². The van der Waals surface area contributed by atoms with E-state index in [1.807, 2.05) is 12.1 Å². The monoisotopic (exact) mass is 260 g/mol. The molecule has 20 heavy (non-hydrogen) atoms. The lowest BCUT2D eigenvalue weighted by Crippen LogP contribution is -2.36. The molecule has 0 aliphatic carbocycles. The molecule has 0 spiro atoms. The topological polar surface area (TPSA) is 32.6 Å². The average molecular weight is 260 g/mol. The molecule has 0 bridgehead atoms. The maximum atomic E-state index is 9.24. The molecule has 0 amide bonds. The minimum atomic E-state index is 0.739. The summed E-state index contributed by atoms with van der Waals surface area (Å²) in [5, 5.41) is 10.3. The predicted molar refractivity (Wildman–Crippen MR) is 76.8 cm³/mol. The molecule has 0 saturated heterocycles. The van der Waals surface area contributed by atoms with Crippen molar-refractivity contribution in [1.29, 1.82) is 5.26 Å². The summed E-state index contributed by atoms with van der Waals surface area (Å²) in [5.74, 6) is 0. The van der Waals surface area contributed by atoms with Gasteiger partial charge in [0.2, 0.25) is 6.20 Å². The van der Waals surface area contributed by atoms with Crippen molar-refractivity contribution in [3.8, 4) is 11.8 Å². The Balaban J connectivity index is 2.12. The van der Waals surface area contributed by atoms with Gasteiger partial charge in [-0.2, -0.15) is 5.26 Å². The normalized spacial score (nSPS) is 12.2. The second-order valence-corrected chi connectivity index (χ2v) is 5.48. The van der Waals surface area contributed by atoms with Gasteiger partial charge in [0, 0.05) is 5.56 Å². The molecule has 0 atom stereocenters. The lowest BCUT2D eigenvalue weighted by atomic mass is 10.0. The first-order valence-electron chi connectivity index (χ1n) is 6.74. The largest absolute Gasteiger partial charge is 0.205 e. The second kappa shape index (κ2) is 3.71. The van der Waals surface area contributed by atoms with Crippen LogP contribution in [0.4, 0.5) is 0 Å². The zero-order chi connectivity index (χ0) is 13.9. The number of nitrogens with zero attached hydrogens (tertiary/aromatic N) is 3. The standard InChI is InChI=1S/C17H14N3/c1-11-6-12(2)17-14(7-11)9-19-10-15-13(8-18)4-3-5-16(15)20(17)19/h3-7,10H,9H2,1-2H3/q+1. The van der Waals surface area contributed by atoms with Gasteiger partial charge in [-0.05, 0) is 37.6 Å². The smallest absolute Gasteiger partial charge is 0.192 e. The number of benzene rings is 2. The highest BCUT2D eigenvalue weighted by Crippen LogP contribution is 2.29. The van der Waals surface area contributed by atoms with E-state index in [-0.39, 0.29) is 0 Å². The summed E-state index contributed by atoms with van der Waals surface area (Å²) in [6.07, 6.45) is 2.09. The molecule has 96 valence electrons. The number of rotatable bonds is 0. The number of hydrogen-bond acceptors (Lipinski definition) is 1. The van der Waals surface area contributed by atoms with E-state index in [4.69, 9.17) is 0 Å². The minimum Gasteiger partial charge on any atom is -0.192 e. The van der Waals surface area contributed by atoms with Crippen LogP contribution in [0.5, 0.6) is 0 Å². The molecule has 3 aromatic rings. The van der Waals surface area contributed by atoms with Crippen LogP contribution in [0, 0.1) is 25.2 Å². The van der Waals surface area contributed by atoms with Crippen molar-refractivity contribution in [3.63, 3.8) is 0 Å². The Morgan fingerprint density at radius 2 is 2.10 bits per heavy atom. The Hall–Kier alpha value is -2.60. The van der Waals surface area contributed by atoms with Gasteiger partial charge in [-0.3, -0.25) is 0 Å². The molecule has 0 saturated carbocycles. The fraction of sp³-hybridized carbons (Fsp3) is 0.176. The van der Waals surface area contributed by atoms with Gasteiger partial charge < -0.3 is 0 Å². The van der Waals surface area contributed by atoms with Crippen LogP contribution in [-0.4, -0.2) is 4.68 Å². The molecule has 0 fully saturated rings. The maximum absolute atomic E-state index is 9.24. The summed E-state index contributed by atoms with van der Waals surface area (Å²) in [5.41, 5.74) is 7.05. The summed E-state index contributed by atoms with van der Waals surface area (Å²) in [6.45, 7) is 5.16. The summed E-state index contributed by atoms with van der Waals surface area (Å²) >= 11 is 0. The van der Waals surface area contributed by atoms with E-state index < -0.39 is 0 Å². The SMILES string of the molecule is Cc1cc(C)c2c(c1)C[n+]1cc3c(C#N)cccc3n1-2. The van der Waals surface area contributed by atoms with Gasteiger partial charge >= 0.3 is 0 Å². The maximum Gasteiger partial charge on any atom is 0.205 e. The molecule has 2 aromatic carbocycles. The number of nitriles is 1. The zero-order valence-corrected chi connectivity index (χ0v) is 11.5. The highest BCUT2D eigenvalue weighted by molar-refractivity contribution is 5.85. The van der Waals surface area contributed by atoms with Crippen molar-refractivity contribution in [2.45, 2.75) is 20.4 Å². The van der Waals surface area contributed by atoms with Gasteiger partial charge in [0.15, 0.2) is 6.54 Å². The van der Waals surface area contributed by atoms with E-state index in [2.05, 4.69) is 53.7 Å². The van der Waals surface area contributed by atoms with Crippen LogP contribution in [0.3, 0.4) is 0 Å². The van der Waals surface area contributed by atoms with Crippen LogP contribution >= 0.6 is 0 Å². The van der Waals surface area contributed by atoms with E-state index >= 15 is 0 Å². The summed E-state index contributed by atoms with van der Waals surface area (Å²) in [4.78, 5) is 0. The molecule has 3 heteroatoms. The van der Waals surface area contributed by atoms with Crippen molar-refractivity contribution in [1.82, 2.24) is 4.68 Å². The third-order valence-electron chi connectivity index (χ3n) is 4.03. The van der Waals surface area contributed by atoms with E-state index in [1.165, 1.54) is 22.4 Å². The Kier molecular flexibility index (Phi) is 2.08. The van der Waals surface area contributed by atoms with Gasteiger partial charge in [-0.25, -0.2) is 0 Å². The third-order valence-corrected chi connectivity index (χ3v) is 4.03. The van der Waals surface area contributed by atoms with Gasteiger partial charge in [-0.1, -0.05) is 17.7 Å². The van der Waals surface area contributed by atoms with Crippen LogP contribution in [0.15, 0.2) is 36.5 Å². The van der Waals surface area contributed by atoms with Crippen molar-refractivity contribution < 1.29 is 4.68 Å². The summed E-state index contributed by atoms with van der Waals surface area (Å²) in [6, 6.07) is 12.7. The quantitative estimate of drug-likeness (QED) is 0.447. The van der Waals surface area contributed by atoms with Crippen molar-refractivity contribution in [2.75, 3.05) is 0 Å². The molecule has 0 unspecified atom stereocenters. The van der Waals surface area contributed by atoms with Gasteiger partial charge in [0.05, 0.1) is 10.9 Å². The Morgan fingerprint density at radius 1 is 1.25 bits per heavy atom. The first-order valence-corrected chi connectivity index (χ1v) is 6.74. The molecule has 1 aliphatic rings. The first kappa shape index (κ1) is 11.2. The third kappa shape index (κ3) is 1.31.